The first-order valence-corrected chi connectivity index (χ1v) is 7.91. The molecule has 1 fully saturated rings. The molecule has 3 N–H and O–H groups in total. The second kappa shape index (κ2) is 5.85. The summed E-state index contributed by atoms with van der Waals surface area (Å²) in [4.78, 5) is 11.6. The molecule has 132 valence electrons. The van der Waals surface area contributed by atoms with Crippen LogP contribution in [-0.4, -0.2) is 46.7 Å². The number of rotatable bonds is 4. The van der Waals surface area contributed by atoms with Gasteiger partial charge in [-0.05, 0) is 45.3 Å². The highest BCUT2D eigenvalue weighted by Crippen LogP contribution is 2.37. The molecule has 0 saturated carbocycles. The number of nitrogens with two attached hydrogens (primary N) is 1. The van der Waals surface area contributed by atoms with Crippen LogP contribution < -0.4 is 15.9 Å². The van der Waals surface area contributed by atoms with Crippen molar-refractivity contribution in [3.8, 4) is 17.0 Å². The van der Waals surface area contributed by atoms with Gasteiger partial charge in [0.05, 0.1) is 18.3 Å². The Kier molecular flexibility index (Phi) is 4.08. The molecule has 1 saturated heterocycles. The summed E-state index contributed by atoms with van der Waals surface area (Å²) >= 11 is 0. The summed E-state index contributed by atoms with van der Waals surface area (Å²) in [7, 11) is 0.996. The molecule has 1 aliphatic rings. The van der Waals surface area contributed by atoms with E-state index in [0.29, 0.717) is 17.0 Å². The van der Waals surface area contributed by atoms with Crippen LogP contribution in [0.1, 0.15) is 38.2 Å². The van der Waals surface area contributed by atoms with E-state index in [1.807, 2.05) is 39.8 Å². The van der Waals surface area contributed by atoms with Crippen molar-refractivity contribution in [2.45, 2.75) is 38.9 Å². The molecule has 1 aromatic carbocycles. The van der Waals surface area contributed by atoms with E-state index in [-0.39, 0.29) is 5.69 Å². The first kappa shape index (κ1) is 17.4. The first-order valence-electron chi connectivity index (χ1n) is 7.91. The van der Waals surface area contributed by atoms with Crippen molar-refractivity contribution >= 4 is 18.5 Å². The molecule has 1 aliphatic heterocycles. The minimum atomic E-state index is -0.674. The number of primary amides is 1. The quantitative estimate of drug-likeness (QED) is 0.796. The lowest BCUT2D eigenvalue weighted by Gasteiger charge is -2.32. The van der Waals surface area contributed by atoms with Crippen LogP contribution in [0.3, 0.4) is 0 Å². The first-order chi connectivity index (χ1) is 11.7. The van der Waals surface area contributed by atoms with Crippen molar-refractivity contribution in [2.75, 3.05) is 7.11 Å². The molecule has 1 amide bonds. The van der Waals surface area contributed by atoms with Gasteiger partial charge in [-0.1, -0.05) is 6.07 Å². The maximum Gasteiger partial charge on any atom is 0.494 e. The summed E-state index contributed by atoms with van der Waals surface area (Å²) < 4.78 is 17.5. The van der Waals surface area contributed by atoms with Crippen LogP contribution in [0.25, 0.3) is 11.3 Å². The molecule has 0 spiro atoms. The highest BCUT2D eigenvalue weighted by atomic mass is 16.7. The predicted molar refractivity (Wildman–Crippen MR) is 92.6 cm³/mol. The lowest BCUT2D eigenvalue weighted by atomic mass is 9.78. The number of amides is 1. The van der Waals surface area contributed by atoms with Crippen LogP contribution in [0.2, 0.25) is 0 Å². The molecule has 1 aromatic heterocycles. The average molecular weight is 344 g/mol. The van der Waals surface area contributed by atoms with Crippen LogP contribution in [0.4, 0.5) is 0 Å². The second-order valence-corrected chi connectivity index (χ2v) is 6.93. The van der Waals surface area contributed by atoms with E-state index in [0.717, 1.165) is 5.46 Å². The minimum absolute atomic E-state index is 0.0457. The van der Waals surface area contributed by atoms with E-state index in [1.165, 1.54) is 7.11 Å². The van der Waals surface area contributed by atoms with Crippen LogP contribution in [-0.2, 0) is 9.31 Å². The van der Waals surface area contributed by atoms with Gasteiger partial charge in [0.1, 0.15) is 11.4 Å². The molecule has 3 rings (SSSR count). The Morgan fingerprint density at radius 3 is 2.40 bits per heavy atom. The van der Waals surface area contributed by atoms with Crippen molar-refractivity contribution < 1.29 is 18.8 Å². The lowest BCUT2D eigenvalue weighted by Crippen LogP contribution is -2.41. The Hall–Kier alpha value is -2.39. The van der Waals surface area contributed by atoms with Gasteiger partial charge < -0.3 is 19.8 Å². The Labute approximate surface area is 146 Å². The molecule has 8 nitrogen and oxygen atoms in total. The SMILES string of the molecule is COc1ccc(B2OC(C)(C)C(C)(C)O2)cc1-c1n[nH]nc1C(N)=O. The molecule has 9 heteroatoms. The summed E-state index contributed by atoms with van der Waals surface area (Å²) in [6.07, 6.45) is 0. The summed E-state index contributed by atoms with van der Waals surface area (Å²) in [5, 5.41) is 10.3. The van der Waals surface area contributed by atoms with Gasteiger partial charge in [-0.25, -0.2) is 0 Å². The van der Waals surface area contributed by atoms with Crippen LogP contribution in [0.5, 0.6) is 5.75 Å². The van der Waals surface area contributed by atoms with Gasteiger partial charge in [-0.2, -0.15) is 15.4 Å². The van der Waals surface area contributed by atoms with Gasteiger partial charge in [-0.15, -0.1) is 0 Å². The molecule has 0 aliphatic carbocycles. The van der Waals surface area contributed by atoms with Gasteiger partial charge in [-0.3, -0.25) is 4.79 Å². The Morgan fingerprint density at radius 1 is 1.20 bits per heavy atom. The number of ether oxygens (including phenoxy) is 1. The van der Waals surface area contributed by atoms with E-state index in [2.05, 4.69) is 15.4 Å². The fourth-order valence-electron chi connectivity index (χ4n) is 2.63. The molecule has 0 unspecified atom stereocenters. The Bertz CT molecular complexity index is 802. The number of hydrogen-bond donors (Lipinski definition) is 2. The standard InChI is InChI=1S/C16H21BN4O4/c1-15(2)16(3,4)25-17(24-15)9-6-7-11(23-5)10(8-9)12-13(14(18)22)20-21-19-12/h6-8H,1-5H3,(H2,18,22)(H,19,20,21). The normalized spacial score (nSPS) is 18.4. The van der Waals surface area contributed by atoms with Crippen LogP contribution >= 0.6 is 0 Å². The number of aromatic amines is 1. The predicted octanol–water partition coefficient (Wildman–Crippen LogP) is 0.878. The summed E-state index contributed by atoms with van der Waals surface area (Å²) in [5.74, 6) is -0.136. The Morgan fingerprint density at radius 2 is 1.84 bits per heavy atom. The van der Waals surface area contributed by atoms with Crippen molar-refractivity contribution in [1.82, 2.24) is 15.4 Å². The van der Waals surface area contributed by atoms with Crippen molar-refractivity contribution in [3.63, 3.8) is 0 Å². The highest BCUT2D eigenvalue weighted by Gasteiger charge is 2.51. The van der Waals surface area contributed by atoms with Crippen molar-refractivity contribution in [1.29, 1.82) is 0 Å². The fraction of sp³-hybridized carbons (Fsp3) is 0.438. The maximum atomic E-state index is 11.6. The average Bonchev–Trinajstić information content (AvgIpc) is 3.09. The minimum Gasteiger partial charge on any atom is -0.496 e. The third-order valence-corrected chi connectivity index (χ3v) is 4.79. The molecule has 2 heterocycles. The van der Waals surface area contributed by atoms with Gasteiger partial charge in [0.15, 0.2) is 5.69 Å². The van der Waals surface area contributed by atoms with E-state index in [1.54, 1.807) is 6.07 Å². The number of hydrogen-bond acceptors (Lipinski definition) is 6. The third-order valence-electron chi connectivity index (χ3n) is 4.79. The van der Waals surface area contributed by atoms with Gasteiger partial charge in [0.25, 0.3) is 5.91 Å². The topological polar surface area (TPSA) is 112 Å². The number of aromatic nitrogens is 3. The van der Waals surface area contributed by atoms with Gasteiger partial charge in [0, 0.05) is 5.56 Å². The number of nitrogens with one attached hydrogen (secondary N) is 1. The Balaban J connectivity index is 2.05. The van der Waals surface area contributed by atoms with E-state index < -0.39 is 24.2 Å². The lowest BCUT2D eigenvalue weighted by molar-refractivity contribution is 0.00578. The zero-order chi connectivity index (χ0) is 18.4. The molecule has 0 bridgehead atoms. The summed E-state index contributed by atoms with van der Waals surface area (Å²) in [6, 6.07) is 5.44. The number of nitrogens with zero attached hydrogens (tertiary/aromatic N) is 2. The largest absolute Gasteiger partial charge is 0.496 e. The summed E-state index contributed by atoms with van der Waals surface area (Å²) in [5.41, 5.74) is 6.19. The molecule has 2 aromatic rings. The van der Waals surface area contributed by atoms with Gasteiger partial charge in [0.2, 0.25) is 0 Å². The van der Waals surface area contributed by atoms with Crippen LogP contribution in [0.15, 0.2) is 18.2 Å². The molecular weight excluding hydrogens is 323 g/mol. The zero-order valence-corrected chi connectivity index (χ0v) is 14.9. The monoisotopic (exact) mass is 344 g/mol. The smallest absolute Gasteiger partial charge is 0.494 e. The molecule has 0 atom stereocenters. The van der Waals surface area contributed by atoms with Crippen molar-refractivity contribution in [2.24, 2.45) is 5.73 Å². The number of carbonyl (C=O) groups is 1. The number of benzene rings is 1. The third kappa shape index (κ3) is 2.89. The molecule has 0 radical (unpaired) electrons. The maximum absolute atomic E-state index is 11.6. The number of H-pyrrole nitrogens is 1. The van der Waals surface area contributed by atoms with E-state index >= 15 is 0 Å². The van der Waals surface area contributed by atoms with Gasteiger partial charge >= 0.3 is 7.12 Å². The summed E-state index contributed by atoms with van der Waals surface area (Å²) in [6.45, 7) is 7.95. The second-order valence-electron chi connectivity index (χ2n) is 6.93. The van der Waals surface area contributed by atoms with Crippen LogP contribution in [0, 0.1) is 0 Å². The fourth-order valence-corrected chi connectivity index (χ4v) is 2.63. The molecule has 25 heavy (non-hydrogen) atoms. The number of methoxy groups -OCH3 is 1. The highest BCUT2D eigenvalue weighted by molar-refractivity contribution is 6.62. The number of carbonyl (C=O) groups excluding carboxylic acids is 1. The van der Waals surface area contributed by atoms with E-state index in [9.17, 15) is 4.79 Å². The van der Waals surface area contributed by atoms with E-state index in [4.69, 9.17) is 19.8 Å². The molecular formula is C16H21BN4O4. The zero-order valence-electron chi connectivity index (χ0n) is 14.9. The van der Waals surface area contributed by atoms with Crippen molar-refractivity contribution in [3.05, 3.63) is 23.9 Å².